The van der Waals surface area contributed by atoms with Crippen molar-refractivity contribution in [1.82, 2.24) is 14.7 Å². The summed E-state index contributed by atoms with van der Waals surface area (Å²) in [5.74, 6) is -0.242. The summed E-state index contributed by atoms with van der Waals surface area (Å²) in [5, 5.41) is 0. The van der Waals surface area contributed by atoms with Gasteiger partial charge in [0.1, 0.15) is 5.70 Å². The van der Waals surface area contributed by atoms with Crippen LogP contribution in [0.4, 0.5) is 0 Å². The summed E-state index contributed by atoms with van der Waals surface area (Å²) in [5.41, 5.74) is 4.34. The van der Waals surface area contributed by atoms with Crippen LogP contribution < -0.4 is 0 Å². The standard InChI is InChI=1S/C24H33N3O3/c1-18-7-8-20(19(2)17-18)21-22(26-10-4-3-5-11-26)24(29)27(23(21)28)12-6-9-25-13-15-30-16-14-25/h7-8,17H,3-6,9-16H2,1-2H3. The lowest BCUT2D eigenvalue weighted by molar-refractivity contribution is -0.137. The smallest absolute Gasteiger partial charge is 0.277 e. The molecule has 3 heterocycles. The first-order chi connectivity index (χ1) is 14.6. The van der Waals surface area contributed by atoms with Crippen LogP contribution in [0.5, 0.6) is 0 Å². The van der Waals surface area contributed by atoms with Crippen molar-refractivity contribution < 1.29 is 14.3 Å². The van der Waals surface area contributed by atoms with Gasteiger partial charge in [-0.1, -0.05) is 23.8 Å². The van der Waals surface area contributed by atoms with Gasteiger partial charge in [0.15, 0.2) is 0 Å². The van der Waals surface area contributed by atoms with E-state index >= 15 is 0 Å². The fourth-order valence-electron chi connectivity index (χ4n) is 4.79. The lowest BCUT2D eigenvalue weighted by atomic mass is 9.97. The third-order valence-corrected chi connectivity index (χ3v) is 6.43. The number of carbonyl (C=O) groups is 2. The molecule has 2 saturated heterocycles. The molecule has 30 heavy (non-hydrogen) atoms. The zero-order chi connectivity index (χ0) is 21.1. The number of hydrogen-bond donors (Lipinski definition) is 0. The van der Waals surface area contributed by atoms with E-state index in [0.29, 0.717) is 17.8 Å². The number of imide groups is 1. The van der Waals surface area contributed by atoms with Gasteiger partial charge in [-0.25, -0.2) is 0 Å². The van der Waals surface area contributed by atoms with E-state index in [4.69, 9.17) is 4.74 Å². The quantitative estimate of drug-likeness (QED) is 0.674. The largest absolute Gasteiger partial charge is 0.379 e. The molecule has 0 aromatic heterocycles. The Morgan fingerprint density at radius 1 is 0.900 bits per heavy atom. The molecule has 6 nitrogen and oxygen atoms in total. The van der Waals surface area contributed by atoms with Gasteiger partial charge in [0.25, 0.3) is 11.8 Å². The molecular weight excluding hydrogens is 378 g/mol. The lowest BCUT2D eigenvalue weighted by Crippen LogP contribution is -2.40. The summed E-state index contributed by atoms with van der Waals surface area (Å²) in [6.07, 6.45) is 4.13. The molecular formula is C24H33N3O3. The van der Waals surface area contributed by atoms with E-state index in [1.807, 2.05) is 19.1 Å². The van der Waals surface area contributed by atoms with Gasteiger partial charge in [0.05, 0.1) is 18.8 Å². The van der Waals surface area contributed by atoms with Gasteiger partial charge in [-0.3, -0.25) is 19.4 Å². The highest BCUT2D eigenvalue weighted by Gasteiger charge is 2.41. The molecule has 0 bridgehead atoms. The summed E-state index contributed by atoms with van der Waals surface area (Å²) in [6, 6.07) is 6.13. The highest BCUT2D eigenvalue weighted by atomic mass is 16.5. The number of amides is 2. The molecule has 0 radical (unpaired) electrons. The molecule has 162 valence electrons. The summed E-state index contributed by atoms with van der Waals surface area (Å²) in [4.78, 5) is 32.9. The Kier molecular flexibility index (Phi) is 6.54. The number of aryl methyl sites for hydroxylation is 2. The topological polar surface area (TPSA) is 53.1 Å². The molecule has 0 unspecified atom stereocenters. The van der Waals surface area contributed by atoms with Crippen LogP contribution >= 0.6 is 0 Å². The van der Waals surface area contributed by atoms with Crippen molar-refractivity contribution in [1.29, 1.82) is 0 Å². The Morgan fingerprint density at radius 2 is 1.63 bits per heavy atom. The van der Waals surface area contributed by atoms with Crippen LogP contribution in [0, 0.1) is 13.8 Å². The molecule has 6 heteroatoms. The maximum atomic E-state index is 13.5. The average Bonchev–Trinajstić information content (AvgIpc) is 3.00. The van der Waals surface area contributed by atoms with Crippen LogP contribution in [0.3, 0.4) is 0 Å². The molecule has 1 aromatic carbocycles. The molecule has 3 aliphatic rings. The second kappa shape index (κ2) is 9.31. The Bertz CT molecular complexity index is 836. The predicted molar refractivity (Wildman–Crippen MR) is 117 cm³/mol. The maximum Gasteiger partial charge on any atom is 0.277 e. The van der Waals surface area contributed by atoms with Crippen LogP contribution in [0.15, 0.2) is 23.9 Å². The third-order valence-electron chi connectivity index (χ3n) is 6.43. The first kappa shape index (κ1) is 21.1. The minimum Gasteiger partial charge on any atom is -0.379 e. The molecule has 0 saturated carbocycles. The minimum absolute atomic E-state index is 0.112. The van der Waals surface area contributed by atoms with Gasteiger partial charge in [0.2, 0.25) is 0 Å². The van der Waals surface area contributed by atoms with Crippen molar-refractivity contribution in [3.63, 3.8) is 0 Å². The van der Waals surface area contributed by atoms with Crippen molar-refractivity contribution in [2.75, 3.05) is 52.5 Å². The monoisotopic (exact) mass is 411 g/mol. The molecule has 0 aliphatic carbocycles. The second-order valence-electron chi connectivity index (χ2n) is 8.66. The summed E-state index contributed by atoms with van der Waals surface area (Å²) < 4.78 is 5.40. The highest BCUT2D eigenvalue weighted by molar-refractivity contribution is 6.35. The third kappa shape index (κ3) is 4.30. The number of rotatable bonds is 6. The molecule has 1 aromatic rings. The van der Waals surface area contributed by atoms with Crippen LogP contribution in [0.1, 0.15) is 42.4 Å². The Hall–Kier alpha value is -2.18. The first-order valence-electron chi connectivity index (χ1n) is 11.3. The summed E-state index contributed by atoms with van der Waals surface area (Å²) in [7, 11) is 0. The van der Waals surface area contributed by atoms with Gasteiger partial charge in [0, 0.05) is 39.3 Å². The Balaban J connectivity index is 1.57. The molecule has 3 aliphatic heterocycles. The van der Waals surface area contributed by atoms with Crippen molar-refractivity contribution in [2.45, 2.75) is 39.5 Å². The van der Waals surface area contributed by atoms with Gasteiger partial charge in [-0.2, -0.15) is 0 Å². The van der Waals surface area contributed by atoms with Crippen LogP contribution in [0.2, 0.25) is 0 Å². The zero-order valence-corrected chi connectivity index (χ0v) is 18.3. The fraction of sp³-hybridized carbons (Fsp3) is 0.583. The van der Waals surface area contributed by atoms with Crippen molar-refractivity contribution in [2.24, 2.45) is 0 Å². The van der Waals surface area contributed by atoms with E-state index < -0.39 is 0 Å². The maximum absolute atomic E-state index is 13.5. The number of hydrogen-bond acceptors (Lipinski definition) is 5. The van der Waals surface area contributed by atoms with E-state index in [-0.39, 0.29) is 11.8 Å². The average molecular weight is 412 g/mol. The minimum atomic E-state index is -0.130. The Morgan fingerprint density at radius 3 is 2.33 bits per heavy atom. The number of piperidine rings is 1. The summed E-state index contributed by atoms with van der Waals surface area (Å²) >= 11 is 0. The molecule has 0 atom stereocenters. The number of carbonyl (C=O) groups excluding carboxylic acids is 2. The van der Waals surface area contributed by atoms with Crippen molar-refractivity contribution in [3.05, 3.63) is 40.6 Å². The molecule has 0 spiro atoms. The van der Waals surface area contributed by atoms with Gasteiger partial charge in [-0.15, -0.1) is 0 Å². The number of likely N-dealkylation sites (tertiary alicyclic amines) is 1. The van der Waals surface area contributed by atoms with E-state index in [2.05, 4.69) is 22.8 Å². The van der Waals surface area contributed by atoms with Crippen LogP contribution in [-0.4, -0.2) is 79.0 Å². The highest BCUT2D eigenvalue weighted by Crippen LogP contribution is 2.34. The predicted octanol–water partition coefficient (Wildman–Crippen LogP) is 2.59. The van der Waals surface area contributed by atoms with E-state index in [0.717, 1.165) is 81.9 Å². The first-order valence-corrected chi connectivity index (χ1v) is 11.3. The molecule has 2 amide bonds. The van der Waals surface area contributed by atoms with Gasteiger partial charge in [-0.05, 0) is 50.7 Å². The Labute approximate surface area is 179 Å². The van der Waals surface area contributed by atoms with Crippen LogP contribution in [-0.2, 0) is 14.3 Å². The van der Waals surface area contributed by atoms with Gasteiger partial charge >= 0.3 is 0 Å². The van der Waals surface area contributed by atoms with Gasteiger partial charge < -0.3 is 9.64 Å². The molecule has 4 rings (SSSR count). The van der Waals surface area contributed by atoms with E-state index in [1.54, 1.807) is 0 Å². The SMILES string of the molecule is Cc1ccc(C2=C(N3CCCCC3)C(=O)N(CCCN3CCOCC3)C2=O)c(C)c1. The lowest BCUT2D eigenvalue weighted by Gasteiger charge is -2.30. The number of morpholine rings is 1. The van der Waals surface area contributed by atoms with Crippen molar-refractivity contribution in [3.8, 4) is 0 Å². The van der Waals surface area contributed by atoms with Crippen molar-refractivity contribution >= 4 is 17.4 Å². The second-order valence-corrected chi connectivity index (χ2v) is 8.66. The van der Waals surface area contributed by atoms with E-state index in [9.17, 15) is 9.59 Å². The fourth-order valence-corrected chi connectivity index (χ4v) is 4.79. The van der Waals surface area contributed by atoms with E-state index in [1.165, 1.54) is 11.3 Å². The number of nitrogens with zero attached hydrogens (tertiary/aromatic N) is 3. The number of ether oxygens (including phenoxy) is 1. The summed E-state index contributed by atoms with van der Waals surface area (Å²) in [6.45, 7) is 10.5. The zero-order valence-electron chi connectivity index (χ0n) is 18.3. The molecule has 2 fully saturated rings. The number of benzene rings is 1. The normalized spacial score (nSPS) is 21.1. The van der Waals surface area contributed by atoms with Crippen LogP contribution in [0.25, 0.3) is 5.57 Å². The molecule has 0 N–H and O–H groups in total.